The lowest BCUT2D eigenvalue weighted by atomic mass is 9.69. The van der Waals surface area contributed by atoms with Crippen LogP contribution < -0.4 is 10.5 Å². The predicted molar refractivity (Wildman–Crippen MR) is 110 cm³/mol. The Hall–Kier alpha value is -2.93. The SMILES string of the molecule is Cc1ccc(S(=O)(=O)NC23COC(CO)(C2)C3)cc1-c1cnc(N)c(-n2cncn2)n1. The van der Waals surface area contributed by atoms with Crippen molar-refractivity contribution in [3.63, 3.8) is 0 Å². The van der Waals surface area contributed by atoms with E-state index in [2.05, 4.69) is 24.8 Å². The number of aliphatic hydroxyl groups excluding tert-OH is 1. The number of nitrogens with one attached hydrogen (secondary N) is 1. The van der Waals surface area contributed by atoms with Crippen LogP contribution in [0.15, 0.2) is 41.9 Å². The summed E-state index contributed by atoms with van der Waals surface area (Å²) in [4.78, 5) is 12.7. The van der Waals surface area contributed by atoms with E-state index in [-0.39, 0.29) is 23.9 Å². The predicted octanol–water partition coefficient (Wildman–Crippen LogP) is 0.187. The molecule has 0 spiro atoms. The van der Waals surface area contributed by atoms with Crippen LogP contribution >= 0.6 is 0 Å². The van der Waals surface area contributed by atoms with Crippen molar-refractivity contribution in [3.8, 4) is 17.1 Å². The molecule has 1 saturated carbocycles. The Labute approximate surface area is 178 Å². The molecule has 0 amide bonds. The Morgan fingerprint density at radius 1 is 1.35 bits per heavy atom. The van der Waals surface area contributed by atoms with Gasteiger partial charge in [-0.05, 0) is 24.6 Å². The third-order valence-corrected chi connectivity index (χ3v) is 7.40. The molecule has 6 rings (SSSR count). The third-order valence-electron chi connectivity index (χ3n) is 5.83. The number of aliphatic hydroxyl groups is 1. The number of rotatable bonds is 6. The molecule has 1 aliphatic carbocycles. The van der Waals surface area contributed by atoms with Gasteiger partial charge < -0.3 is 15.6 Å². The fourth-order valence-electron chi connectivity index (χ4n) is 4.33. The van der Waals surface area contributed by atoms with Gasteiger partial charge in [-0.3, -0.25) is 0 Å². The van der Waals surface area contributed by atoms with Gasteiger partial charge in [0.2, 0.25) is 10.0 Å². The Kier molecular flexibility index (Phi) is 4.38. The highest BCUT2D eigenvalue weighted by Crippen LogP contribution is 2.51. The standard InChI is InChI=1S/C19H21N7O4S/c1-12-2-3-13(31(28,29)25-18-6-19(7-18,8-27)30-9-18)4-14(12)15-5-22-16(20)17(24-15)26-11-21-10-23-26/h2-5,10-11,25,27H,6-9H2,1H3,(H2,20,22). The highest BCUT2D eigenvalue weighted by Gasteiger charge is 2.63. The molecule has 3 aliphatic rings. The Morgan fingerprint density at radius 2 is 2.16 bits per heavy atom. The molecular weight excluding hydrogens is 422 g/mol. The fraction of sp³-hybridized carbons (Fsp3) is 0.368. The largest absolute Gasteiger partial charge is 0.393 e. The minimum absolute atomic E-state index is 0.108. The minimum atomic E-state index is -3.82. The number of hydrogen-bond donors (Lipinski definition) is 3. The molecule has 2 aromatic heterocycles. The summed E-state index contributed by atoms with van der Waals surface area (Å²) in [6, 6.07) is 4.83. The molecule has 2 aliphatic heterocycles. The molecular formula is C19H21N7O4S. The molecule has 1 aromatic carbocycles. The van der Waals surface area contributed by atoms with E-state index in [4.69, 9.17) is 10.5 Å². The maximum Gasteiger partial charge on any atom is 0.241 e. The monoisotopic (exact) mass is 443 g/mol. The zero-order valence-electron chi connectivity index (χ0n) is 16.7. The van der Waals surface area contributed by atoms with Gasteiger partial charge in [0.25, 0.3) is 0 Å². The Balaban J connectivity index is 1.48. The summed E-state index contributed by atoms with van der Waals surface area (Å²) in [6.45, 7) is 1.99. The molecule has 0 atom stereocenters. The number of aryl methyl sites for hydroxylation is 1. The van der Waals surface area contributed by atoms with Crippen LogP contribution in [0.1, 0.15) is 18.4 Å². The van der Waals surface area contributed by atoms with Gasteiger partial charge >= 0.3 is 0 Å². The van der Waals surface area contributed by atoms with Gasteiger partial charge in [0.1, 0.15) is 12.7 Å². The second kappa shape index (κ2) is 6.79. The van der Waals surface area contributed by atoms with E-state index in [1.165, 1.54) is 23.5 Å². The average Bonchev–Trinajstić information content (AvgIpc) is 3.44. The first kappa shape index (κ1) is 20.0. The lowest BCUT2D eigenvalue weighted by Gasteiger charge is -2.43. The van der Waals surface area contributed by atoms with Gasteiger partial charge in [0.05, 0.1) is 41.1 Å². The molecule has 11 nitrogen and oxygen atoms in total. The second-order valence-electron chi connectivity index (χ2n) is 8.15. The van der Waals surface area contributed by atoms with Crippen LogP contribution in [0.3, 0.4) is 0 Å². The molecule has 3 aromatic rings. The fourth-order valence-corrected chi connectivity index (χ4v) is 5.74. The van der Waals surface area contributed by atoms with Crippen molar-refractivity contribution in [1.29, 1.82) is 0 Å². The van der Waals surface area contributed by atoms with E-state index in [0.29, 0.717) is 29.9 Å². The number of benzene rings is 1. The topological polar surface area (TPSA) is 158 Å². The van der Waals surface area contributed by atoms with Crippen LogP contribution in [0, 0.1) is 6.92 Å². The van der Waals surface area contributed by atoms with Crippen LogP contribution in [0.2, 0.25) is 0 Å². The lowest BCUT2D eigenvalue weighted by Crippen LogP contribution is -2.60. The van der Waals surface area contributed by atoms with Crippen molar-refractivity contribution in [2.75, 3.05) is 18.9 Å². The number of ether oxygens (including phenoxy) is 1. The van der Waals surface area contributed by atoms with Crippen LogP contribution in [0.5, 0.6) is 0 Å². The maximum atomic E-state index is 13.1. The molecule has 31 heavy (non-hydrogen) atoms. The highest BCUT2D eigenvalue weighted by atomic mass is 32.2. The van der Waals surface area contributed by atoms with Crippen molar-refractivity contribution in [2.24, 2.45) is 0 Å². The normalized spacial score (nSPS) is 24.8. The summed E-state index contributed by atoms with van der Waals surface area (Å²) >= 11 is 0. The summed E-state index contributed by atoms with van der Waals surface area (Å²) in [6.07, 6.45) is 5.22. The number of fused-ring (bicyclic) bond motifs is 1. The molecule has 0 unspecified atom stereocenters. The van der Waals surface area contributed by atoms with Crippen molar-refractivity contribution in [1.82, 2.24) is 29.5 Å². The summed E-state index contributed by atoms with van der Waals surface area (Å²) in [5.74, 6) is 0.479. The zero-order valence-corrected chi connectivity index (χ0v) is 17.5. The Bertz CT molecular complexity index is 1250. The van der Waals surface area contributed by atoms with E-state index in [0.717, 1.165) is 5.56 Å². The van der Waals surface area contributed by atoms with E-state index in [9.17, 15) is 13.5 Å². The number of nitrogens with zero attached hydrogens (tertiary/aromatic N) is 5. The number of aromatic nitrogens is 5. The first-order valence-corrected chi connectivity index (χ1v) is 11.1. The molecule has 4 heterocycles. The van der Waals surface area contributed by atoms with Gasteiger partial charge in [-0.25, -0.2) is 28.1 Å². The summed E-state index contributed by atoms with van der Waals surface area (Å²) in [5.41, 5.74) is 6.54. The summed E-state index contributed by atoms with van der Waals surface area (Å²) in [5, 5.41) is 13.5. The van der Waals surface area contributed by atoms with E-state index in [1.54, 1.807) is 18.2 Å². The summed E-state index contributed by atoms with van der Waals surface area (Å²) in [7, 11) is -3.82. The first-order chi connectivity index (χ1) is 14.7. The van der Waals surface area contributed by atoms with Crippen molar-refractivity contribution >= 4 is 15.8 Å². The van der Waals surface area contributed by atoms with E-state index in [1.807, 2.05) is 6.92 Å². The van der Waals surface area contributed by atoms with Crippen LogP contribution in [-0.4, -0.2) is 62.6 Å². The van der Waals surface area contributed by atoms with Crippen LogP contribution in [0.4, 0.5) is 5.82 Å². The number of hydrogen-bond acceptors (Lipinski definition) is 9. The van der Waals surface area contributed by atoms with Crippen LogP contribution in [0.25, 0.3) is 17.1 Å². The highest BCUT2D eigenvalue weighted by molar-refractivity contribution is 7.89. The second-order valence-corrected chi connectivity index (χ2v) is 9.83. The van der Waals surface area contributed by atoms with Gasteiger partial charge in [-0.2, -0.15) is 9.78 Å². The van der Waals surface area contributed by atoms with E-state index >= 15 is 0 Å². The zero-order chi connectivity index (χ0) is 21.9. The molecule has 162 valence electrons. The number of anilines is 1. The number of nitrogens with two attached hydrogens (primary N) is 1. The van der Waals surface area contributed by atoms with Gasteiger partial charge in [0, 0.05) is 18.4 Å². The average molecular weight is 443 g/mol. The molecule has 12 heteroatoms. The molecule has 2 bridgehead atoms. The van der Waals surface area contributed by atoms with Crippen LogP contribution in [-0.2, 0) is 14.8 Å². The quantitative estimate of drug-likeness (QED) is 0.483. The molecule has 3 fully saturated rings. The third kappa shape index (κ3) is 3.28. The molecule has 4 N–H and O–H groups in total. The Morgan fingerprint density at radius 3 is 2.84 bits per heavy atom. The molecule has 0 radical (unpaired) electrons. The van der Waals surface area contributed by atoms with Crippen molar-refractivity contribution < 1.29 is 18.3 Å². The van der Waals surface area contributed by atoms with Gasteiger partial charge in [-0.15, -0.1) is 0 Å². The maximum absolute atomic E-state index is 13.1. The number of sulfonamides is 1. The molecule has 2 saturated heterocycles. The van der Waals surface area contributed by atoms with Crippen molar-refractivity contribution in [3.05, 3.63) is 42.6 Å². The lowest BCUT2D eigenvalue weighted by molar-refractivity contribution is -0.0482. The first-order valence-electron chi connectivity index (χ1n) is 9.62. The summed E-state index contributed by atoms with van der Waals surface area (Å²) < 4.78 is 36.0. The smallest absolute Gasteiger partial charge is 0.241 e. The van der Waals surface area contributed by atoms with Crippen molar-refractivity contribution in [2.45, 2.75) is 35.8 Å². The van der Waals surface area contributed by atoms with Gasteiger partial charge in [-0.1, -0.05) is 6.07 Å². The van der Waals surface area contributed by atoms with E-state index < -0.39 is 21.2 Å². The minimum Gasteiger partial charge on any atom is -0.393 e. The number of nitrogen functional groups attached to an aromatic ring is 1. The van der Waals surface area contributed by atoms with Gasteiger partial charge in [0.15, 0.2) is 11.6 Å².